The number of azide groups is 1. The Kier molecular flexibility index (Phi) is 12.4. The number of benzene rings is 3. The number of carbonyl (C=O) groups is 1. The van der Waals surface area contributed by atoms with Crippen LogP contribution in [0.5, 0.6) is 0 Å². The van der Waals surface area contributed by atoms with Crippen molar-refractivity contribution in [3.05, 3.63) is 118 Å². The molecule has 4 rings (SSSR count). The number of nitrogens with zero attached hydrogens (tertiary/aromatic N) is 3. The highest BCUT2D eigenvalue weighted by molar-refractivity contribution is 5.65. The van der Waals surface area contributed by atoms with Crippen LogP contribution in [0.3, 0.4) is 0 Å². The van der Waals surface area contributed by atoms with E-state index in [1.807, 2.05) is 91.0 Å². The lowest BCUT2D eigenvalue weighted by Gasteiger charge is -2.43. The van der Waals surface area contributed by atoms with E-state index in [4.69, 9.17) is 23.7 Å². The molecule has 218 valence electrons. The molecule has 0 unspecified atom stereocenters. The smallest absolute Gasteiger partial charge is 0.302 e. The van der Waals surface area contributed by atoms with Crippen LogP contribution in [0, 0.1) is 11.8 Å². The number of esters is 1. The summed E-state index contributed by atoms with van der Waals surface area (Å²) in [6, 6.07) is 28.4. The lowest BCUT2D eigenvalue weighted by atomic mass is 9.92. The summed E-state index contributed by atoms with van der Waals surface area (Å²) in [7, 11) is 0. The fourth-order valence-electron chi connectivity index (χ4n) is 4.55. The maximum absolute atomic E-state index is 11.7. The van der Waals surface area contributed by atoms with Gasteiger partial charge in [-0.25, -0.2) is 0 Å². The summed E-state index contributed by atoms with van der Waals surface area (Å²) in [6.07, 6.45) is -2.51. The van der Waals surface area contributed by atoms with E-state index in [0.717, 1.165) is 16.7 Å². The van der Waals surface area contributed by atoms with Crippen LogP contribution in [0.25, 0.3) is 10.4 Å². The standard InChI is InChI=1S/C33H35N3O6/c1-25(37)39-24-30-32(40-22-27-15-7-3-8-16-27)33(41-23-28-17-9-4-10-18-28)31(35-36-34)29(42-30)19-11-12-20-38-21-26-13-5-2-6-14-26/h2-10,13-18,29-33H,12,20-24H2,1H3/t29-,30-,31+,32+,33-/m1/s1. The molecule has 1 saturated heterocycles. The summed E-state index contributed by atoms with van der Waals surface area (Å²) in [5.74, 6) is 5.75. The Labute approximate surface area is 246 Å². The topological polar surface area (TPSA) is 112 Å². The van der Waals surface area contributed by atoms with Crippen molar-refractivity contribution in [3.63, 3.8) is 0 Å². The molecule has 0 bridgehead atoms. The number of rotatable bonds is 13. The normalized spacial score (nSPS) is 21.4. The largest absolute Gasteiger partial charge is 0.463 e. The van der Waals surface area contributed by atoms with Crippen molar-refractivity contribution in [2.75, 3.05) is 13.2 Å². The van der Waals surface area contributed by atoms with E-state index in [1.54, 1.807) is 0 Å². The Morgan fingerprint density at radius 3 is 1.95 bits per heavy atom. The quantitative estimate of drug-likeness (QED) is 0.0645. The SMILES string of the molecule is CC(=O)OC[C@H]1O[C@H](C#CCCOCc2ccccc2)[C@H](N=[N+]=[N-])[C@@H](OCc2ccccc2)[C@H]1OCc1ccccc1. The minimum Gasteiger partial charge on any atom is -0.463 e. The van der Waals surface area contributed by atoms with E-state index in [1.165, 1.54) is 6.92 Å². The van der Waals surface area contributed by atoms with Gasteiger partial charge in [0.2, 0.25) is 0 Å². The predicted molar refractivity (Wildman–Crippen MR) is 157 cm³/mol. The molecule has 0 aromatic heterocycles. The van der Waals surface area contributed by atoms with Gasteiger partial charge in [0, 0.05) is 18.3 Å². The van der Waals surface area contributed by atoms with Crippen molar-refractivity contribution in [1.82, 2.24) is 0 Å². The number of ether oxygens (including phenoxy) is 5. The molecule has 9 heteroatoms. The number of hydrogen-bond acceptors (Lipinski definition) is 7. The molecule has 5 atom stereocenters. The highest BCUT2D eigenvalue weighted by atomic mass is 16.6. The molecule has 0 radical (unpaired) electrons. The van der Waals surface area contributed by atoms with E-state index in [-0.39, 0.29) is 19.8 Å². The third kappa shape index (κ3) is 9.74. The lowest BCUT2D eigenvalue weighted by Crippen LogP contribution is -2.59. The average molecular weight is 570 g/mol. The van der Waals surface area contributed by atoms with Gasteiger partial charge in [-0.1, -0.05) is 108 Å². The summed E-state index contributed by atoms with van der Waals surface area (Å²) in [6.45, 7) is 2.69. The number of carbonyl (C=O) groups excluding carboxylic acids is 1. The van der Waals surface area contributed by atoms with Crippen LogP contribution in [0.4, 0.5) is 0 Å². The molecular formula is C33H35N3O6. The van der Waals surface area contributed by atoms with E-state index < -0.39 is 36.4 Å². The van der Waals surface area contributed by atoms with Gasteiger partial charge in [-0.3, -0.25) is 4.79 Å². The van der Waals surface area contributed by atoms with Crippen molar-refractivity contribution in [1.29, 1.82) is 0 Å². The first-order valence-electron chi connectivity index (χ1n) is 13.9. The molecule has 1 aliphatic heterocycles. The van der Waals surface area contributed by atoms with Gasteiger partial charge < -0.3 is 23.7 Å². The van der Waals surface area contributed by atoms with Gasteiger partial charge in [-0.05, 0) is 22.2 Å². The fourth-order valence-corrected chi connectivity index (χ4v) is 4.55. The van der Waals surface area contributed by atoms with Crippen LogP contribution in [0.15, 0.2) is 96.1 Å². The molecule has 0 saturated carbocycles. The molecule has 1 fully saturated rings. The first kappa shape index (κ1) is 30.8. The van der Waals surface area contributed by atoms with Crippen molar-refractivity contribution in [3.8, 4) is 11.8 Å². The van der Waals surface area contributed by atoms with Gasteiger partial charge in [-0.15, -0.1) is 0 Å². The van der Waals surface area contributed by atoms with Gasteiger partial charge in [0.1, 0.15) is 31.0 Å². The Hall–Kier alpha value is -4.16. The highest BCUT2D eigenvalue weighted by Gasteiger charge is 2.47. The summed E-state index contributed by atoms with van der Waals surface area (Å²) in [5, 5.41) is 4.06. The monoisotopic (exact) mass is 569 g/mol. The summed E-state index contributed by atoms with van der Waals surface area (Å²) in [5.41, 5.74) is 12.5. The molecule has 3 aromatic rings. The summed E-state index contributed by atoms with van der Waals surface area (Å²) >= 11 is 0. The molecular weight excluding hydrogens is 534 g/mol. The number of hydrogen-bond donors (Lipinski definition) is 0. The minimum atomic E-state index is -0.814. The Balaban J connectivity index is 1.53. The second kappa shape index (κ2) is 16.9. The Bertz CT molecular complexity index is 1340. The molecule has 0 aliphatic carbocycles. The zero-order valence-electron chi connectivity index (χ0n) is 23.6. The van der Waals surface area contributed by atoms with Crippen molar-refractivity contribution in [2.45, 2.75) is 63.6 Å². The molecule has 9 nitrogen and oxygen atoms in total. The third-order valence-corrected chi connectivity index (χ3v) is 6.59. The predicted octanol–water partition coefficient (Wildman–Crippen LogP) is 5.78. The second-order valence-corrected chi connectivity index (χ2v) is 9.72. The van der Waals surface area contributed by atoms with Crippen LogP contribution >= 0.6 is 0 Å². The summed E-state index contributed by atoms with van der Waals surface area (Å²) < 4.78 is 30.1. The van der Waals surface area contributed by atoms with Crippen LogP contribution in [0.2, 0.25) is 0 Å². The van der Waals surface area contributed by atoms with Gasteiger partial charge in [0.25, 0.3) is 0 Å². The van der Waals surface area contributed by atoms with Crippen LogP contribution < -0.4 is 0 Å². The lowest BCUT2D eigenvalue weighted by molar-refractivity contribution is -0.216. The van der Waals surface area contributed by atoms with Crippen molar-refractivity contribution >= 4 is 5.97 Å². The zero-order chi connectivity index (χ0) is 29.4. The van der Waals surface area contributed by atoms with Crippen LogP contribution in [0.1, 0.15) is 30.0 Å². The molecule has 1 heterocycles. The molecule has 0 spiro atoms. The van der Waals surface area contributed by atoms with E-state index in [2.05, 4.69) is 21.9 Å². The highest BCUT2D eigenvalue weighted by Crippen LogP contribution is 2.30. The van der Waals surface area contributed by atoms with E-state index in [0.29, 0.717) is 19.6 Å². The first-order chi connectivity index (χ1) is 20.6. The average Bonchev–Trinajstić information content (AvgIpc) is 3.02. The molecule has 3 aromatic carbocycles. The van der Waals surface area contributed by atoms with E-state index >= 15 is 0 Å². The Morgan fingerprint density at radius 1 is 0.857 bits per heavy atom. The van der Waals surface area contributed by atoms with Gasteiger partial charge >= 0.3 is 5.97 Å². The molecule has 1 aliphatic rings. The van der Waals surface area contributed by atoms with Crippen LogP contribution in [-0.2, 0) is 48.3 Å². The summed E-state index contributed by atoms with van der Waals surface area (Å²) in [4.78, 5) is 14.8. The third-order valence-electron chi connectivity index (χ3n) is 6.59. The maximum Gasteiger partial charge on any atom is 0.302 e. The fraction of sp³-hybridized carbons (Fsp3) is 0.364. The second-order valence-electron chi connectivity index (χ2n) is 9.72. The molecule has 0 amide bonds. The van der Waals surface area contributed by atoms with Gasteiger partial charge in [0.15, 0.2) is 0 Å². The molecule has 42 heavy (non-hydrogen) atoms. The van der Waals surface area contributed by atoms with Crippen molar-refractivity contribution in [2.24, 2.45) is 5.11 Å². The van der Waals surface area contributed by atoms with Gasteiger partial charge in [-0.2, -0.15) is 0 Å². The minimum absolute atomic E-state index is 0.0681. The van der Waals surface area contributed by atoms with E-state index in [9.17, 15) is 10.3 Å². The Morgan fingerprint density at radius 2 is 1.40 bits per heavy atom. The zero-order valence-corrected chi connectivity index (χ0v) is 23.6. The first-order valence-corrected chi connectivity index (χ1v) is 13.9. The van der Waals surface area contributed by atoms with Crippen LogP contribution in [-0.4, -0.2) is 49.6 Å². The maximum atomic E-state index is 11.7. The molecule has 0 N–H and O–H groups in total. The van der Waals surface area contributed by atoms with Crippen molar-refractivity contribution < 1.29 is 28.5 Å². The van der Waals surface area contributed by atoms with Gasteiger partial charge in [0.05, 0.1) is 32.5 Å².